The van der Waals surface area contributed by atoms with Gasteiger partial charge in [0, 0.05) is 48.9 Å². The number of amides is 1. The standard InChI is InChI=1S/C27H32N6O3S/c1-16-8-9-27(16)24-20-10-17(6-7-21(20)28-13-23(24)32(4)26(27)34)18-11-22(30-37(5,35)36)25(29-12-18)33-14-19(15-33)31(2)3/h6-7,10-13,16,19,30H,8-9,14-15H2,1-5H3. The summed E-state index contributed by atoms with van der Waals surface area (Å²) >= 11 is 0. The molecule has 10 heteroatoms. The molecular weight excluding hydrogens is 488 g/mol. The van der Waals surface area contributed by atoms with Crippen molar-refractivity contribution in [3.05, 3.63) is 42.2 Å². The molecule has 1 amide bonds. The number of carbonyl (C=O) groups is 1. The Morgan fingerprint density at radius 2 is 1.86 bits per heavy atom. The molecule has 3 aliphatic rings. The first kappa shape index (κ1) is 24.1. The van der Waals surface area contributed by atoms with Crippen LogP contribution in [0.5, 0.6) is 0 Å². The van der Waals surface area contributed by atoms with Crippen molar-refractivity contribution < 1.29 is 13.2 Å². The minimum absolute atomic E-state index is 0.150. The number of benzene rings is 1. The van der Waals surface area contributed by atoms with Crippen LogP contribution in [0, 0.1) is 5.92 Å². The summed E-state index contributed by atoms with van der Waals surface area (Å²) in [7, 11) is 2.42. The predicted molar refractivity (Wildman–Crippen MR) is 147 cm³/mol. The number of fused-ring (bicyclic) bond motifs is 4. The van der Waals surface area contributed by atoms with Crippen LogP contribution in [-0.4, -0.2) is 75.7 Å². The summed E-state index contributed by atoms with van der Waals surface area (Å²) in [6, 6.07) is 8.28. The minimum Gasteiger partial charge on any atom is -0.352 e. The maximum absolute atomic E-state index is 13.4. The fourth-order valence-electron chi connectivity index (χ4n) is 6.11. The van der Waals surface area contributed by atoms with Gasteiger partial charge in [0.15, 0.2) is 5.82 Å². The van der Waals surface area contributed by atoms with E-state index in [1.165, 1.54) is 0 Å². The molecule has 1 aromatic carbocycles. The number of rotatable bonds is 5. The van der Waals surface area contributed by atoms with Crippen LogP contribution in [0.3, 0.4) is 0 Å². The predicted octanol–water partition coefficient (Wildman–Crippen LogP) is 3.06. The number of hydrogen-bond donors (Lipinski definition) is 1. The molecule has 1 saturated heterocycles. The van der Waals surface area contributed by atoms with E-state index in [0.29, 0.717) is 17.5 Å². The molecule has 194 valence electrons. The topological polar surface area (TPSA) is 98.7 Å². The van der Waals surface area contributed by atoms with Crippen LogP contribution in [0.1, 0.15) is 25.3 Å². The Hall–Kier alpha value is -3.24. The molecule has 2 unspecified atom stereocenters. The average Bonchev–Trinajstić information content (AvgIpc) is 3.05. The molecule has 2 aromatic heterocycles. The van der Waals surface area contributed by atoms with Gasteiger partial charge in [-0.05, 0) is 56.6 Å². The normalized spacial score (nSPS) is 23.5. The molecule has 2 aliphatic heterocycles. The lowest BCUT2D eigenvalue weighted by Gasteiger charge is -2.44. The van der Waals surface area contributed by atoms with E-state index in [1.54, 1.807) is 11.1 Å². The maximum Gasteiger partial charge on any atom is 0.237 e. The van der Waals surface area contributed by atoms with Gasteiger partial charge in [-0.25, -0.2) is 13.4 Å². The molecule has 2 atom stereocenters. The molecule has 4 heterocycles. The number of hydrogen-bond acceptors (Lipinski definition) is 7. The van der Waals surface area contributed by atoms with Crippen LogP contribution in [0.25, 0.3) is 22.0 Å². The maximum atomic E-state index is 13.4. The number of carbonyl (C=O) groups excluding carboxylic acids is 1. The smallest absolute Gasteiger partial charge is 0.237 e. The highest BCUT2D eigenvalue weighted by Gasteiger charge is 2.58. The Bertz CT molecular complexity index is 1550. The Morgan fingerprint density at radius 3 is 2.49 bits per heavy atom. The zero-order valence-electron chi connectivity index (χ0n) is 21.8. The summed E-state index contributed by atoms with van der Waals surface area (Å²) < 4.78 is 27.1. The van der Waals surface area contributed by atoms with Crippen molar-refractivity contribution in [3.8, 4) is 11.1 Å². The van der Waals surface area contributed by atoms with E-state index in [9.17, 15) is 13.2 Å². The second-order valence-electron chi connectivity index (χ2n) is 11.0. The first-order valence-corrected chi connectivity index (χ1v) is 14.5. The van der Waals surface area contributed by atoms with Gasteiger partial charge in [0.05, 0.1) is 34.8 Å². The van der Waals surface area contributed by atoms with Crippen LogP contribution in [-0.2, 0) is 20.2 Å². The summed E-state index contributed by atoms with van der Waals surface area (Å²) in [5.74, 6) is 1.05. The van der Waals surface area contributed by atoms with E-state index in [1.807, 2.05) is 45.5 Å². The lowest BCUT2D eigenvalue weighted by Crippen LogP contribution is -2.57. The molecule has 1 spiro atoms. The number of sulfonamides is 1. The van der Waals surface area contributed by atoms with E-state index in [2.05, 4.69) is 32.5 Å². The lowest BCUT2D eigenvalue weighted by atomic mass is 9.57. The van der Waals surface area contributed by atoms with E-state index >= 15 is 0 Å². The number of aromatic nitrogens is 2. The molecule has 0 radical (unpaired) electrons. The molecule has 0 bridgehead atoms. The van der Waals surface area contributed by atoms with E-state index in [4.69, 9.17) is 4.98 Å². The average molecular weight is 521 g/mol. The van der Waals surface area contributed by atoms with Crippen LogP contribution >= 0.6 is 0 Å². The number of anilines is 3. The van der Waals surface area contributed by atoms with E-state index < -0.39 is 15.4 Å². The largest absolute Gasteiger partial charge is 0.352 e. The lowest BCUT2D eigenvalue weighted by molar-refractivity contribution is -0.128. The molecule has 2 fully saturated rings. The summed E-state index contributed by atoms with van der Waals surface area (Å²) in [6.07, 6.45) is 6.63. The van der Waals surface area contributed by atoms with Crippen molar-refractivity contribution >= 4 is 44.0 Å². The molecule has 37 heavy (non-hydrogen) atoms. The molecule has 9 nitrogen and oxygen atoms in total. The van der Waals surface area contributed by atoms with E-state index in [0.717, 1.165) is 65.5 Å². The first-order chi connectivity index (χ1) is 17.5. The molecule has 6 rings (SSSR count). The second kappa shape index (κ2) is 8.13. The van der Waals surface area contributed by atoms with Gasteiger partial charge in [0.2, 0.25) is 15.9 Å². The highest BCUT2D eigenvalue weighted by atomic mass is 32.2. The molecule has 1 N–H and O–H groups in total. The zero-order valence-corrected chi connectivity index (χ0v) is 22.6. The van der Waals surface area contributed by atoms with Crippen molar-refractivity contribution in [1.29, 1.82) is 0 Å². The number of pyridine rings is 2. The van der Waals surface area contributed by atoms with Gasteiger partial charge >= 0.3 is 0 Å². The van der Waals surface area contributed by atoms with Gasteiger partial charge in [0.25, 0.3) is 0 Å². The fourth-order valence-corrected chi connectivity index (χ4v) is 6.66. The SMILES string of the molecule is CC1CCC12C(=O)N(C)c1cnc3ccc(-c4cnc(N5CC(N(C)C)C5)c(NS(C)(=O)=O)c4)cc3c12. The molecule has 1 saturated carbocycles. The van der Waals surface area contributed by atoms with Crippen molar-refractivity contribution in [2.45, 2.75) is 31.2 Å². The Labute approximate surface area is 217 Å². The van der Waals surface area contributed by atoms with Crippen LogP contribution in [0.2, 0.25) is 0 Å². The van der Waals surface area contributed by atoms with Crippen molar-refractivity contribution in [3.63, 3.8) is 0 Å². The third-order valence-electron chi connectivity index (χ3n) is 8.54. The Balaban J connectivity index is 1.45. The summed E-state index contributed by atoms with van der Waals surface area (Å²) in [5, 5.41) is 0.970. The van der Waals surface area contributed by atoms with Gasteiger partial charge in [-0.3, -0.25) is 14.5 Å². The van der Waals surface area contributed by atoms with Gasteiger partial charge in [0.1, 0.15) is 0 Å². The number of nitrogens with one attached hydrogen (secondary N) is 1. The quantitative estimate of drug-likeness (QED) is 0.552. The van der Waals surface area contributed by atoms with Crippen molar-refractivity contribution in [2.75, 3.05) is 55.0 Å². The van der Waals surface area contributed by atoms with Gasteiger partial charge in [-0.2, -0.15) is 0 Å². The summed E-state index contributed by atoms with van der Waals surface area (Å²) in [6.45, 7) is 3.73. The monoisotopic (exact) mass is 520 g/mol. The van der Waals surface area contributed by atoms with Gasteiger partial charge < -0.3 is 14.7 Å². The highest BCUT2D eigenvalue weighted by molar-refractivity contribution is 7.92. The Morgan fingerprint density at radius 1 is 1.11 bits per heavy atom. The number of likely N-dealkylation sites (N-methyl/N-ethyl adjacent to an activating group) is 2. The van der Waals surface area contributed by atoms with Crippen LogP contribution in [0.15, 0.2) is 36.7 Å². The fraction of sp³-hybridized carbons (Fsp3) is 0.444. The minimum atomic E-state index is -3.50. The third-order valence-corrected chi connectivity index (χ3v) is 9.13. The molecule has 1 aliphatic carbocycles. The summed E-state index contributed by atoms with van der Waals surface area (Å²) in [5.41, 5.74) is 4.47. The zero-order chi connectivity index (χ0) is 26.3. The Kier molecular flexibility index (Phi) is 5.30. The van der Waals surface area contributed by atoms with Crippen LogP contribution < -0.4 is 14.5 Å². The second-order valence-corrected chi connectivity index (χ2v) is 12.8. The molecular formula is C27H32N6O3S. The van der Waals surface area contributed by atoms with Crippen molar-refractivity contribution in [1.82, 2.24) is 14.9 Å². The van der Waals surface area contributed by atoms with Crippen LogP contribution in [0.4, 0.5) is 17.2 Å². The van der Waals surface area contributed by atoms with Crippen molar-refractivity contribution in [2.24, 2.45) is 5.92 Å². The molecule has 3 aromatic rings. The van der Waals surface area contributed by atoms with E-state index in [-0.39, 0.29) is 11.8 Å². The summed E-state index contributed by atoms with van der Waals surface area (Å²) in [4.78, 5) is 28.7. The highest BCUT2D eigenvalue weighted by Crippen LogP contribution is 2.58. The first-order valence-electron chi connectivity index (χ1n) is 12.6. The number of nitrogens with zero attached hydrogens (tertiary/aromatic N) is 5. The van der Waals surface area contributed by atoms with Gasteiger partial charge in [-0.1, -0.05) is 13.0 Å². The third kappa shape index (κ3) is 3.60. The van der Waals surface area contributed by atoms with Gasteiger partial charge in [-0.15, -0.1) is 0 Å².